The molecule has 1 amide bonds. The molecule has 0 aromatic heterocycles. The minimum atomic E-state index is 0. The smallest absolute Gasteiger partial charge is 0.251 e. The quantitative estimate of drug-likeness (QED) is 0.901. The van der Waals surface area contributed by atoms with Gasteiger partial charge in [-0.1, -0.05) is 44.2 Å². The molecule has 20 heavy (non-hydrogen) atoms. The van der Waals surface area contributed by atoms with E-state index in [4.69, 9.17) is 0 Å². The van der Waals surface area contributed by atoms with Crippen molar-refractivity contribution < 1.29 is 4.79 Å². The van der Waals surface area contributed by atoms with Crippen LogP contribution in [-0.2, 0) is 0 Å². The van der Waals surface area contributed by atoms with Crippen LogP contribution in [-0.4, -0.2) is 11.9 Å². The second-order valence-electron chi connectivity index (χ2n) is 5.57. The van der Waals surface area contributed by atoms with E-state index in [0.717, 1.165) is 22.8 Å². The van der Waals surface area contributed by atoms with Gasteiger partial charge in [0, 0.05) is 11.6 Å². The van der Waals surface area contributed by atoms with Crippen molar-refractivity contribution in [2.75, 3.05) is 0 Å². The molecule has 0 spiro atoms. The van der Waals surface area contributed by atoms with E-state index < -0.39 is 0 Å². The van der Waals surface area contributed by atoms with Crippen molar-refractivity contribution in [2.45, 2.75) is 33.2 Å². The molecule has 0 saturated carbocycles. The average molecular weight is 289 g/mol. The molecule has 0 fully saturated rings. The monoisotopic (exact) mass is 289 g/mol. The van der Waals surface area contributed by atoms with Crippen LogP contribution < -0.4 is 5.32 Å². The Morgan fingerprint density at radius 3 is 2.35 bits per heavy atom. The van der Waals surface area contributed by atoms with Gasteiger partial charge < -0.3 is 5.32 Å². The summed E-state index contributed by atoms with van der Waals surface area (Å²) >= 11 is 0. The number of nitrogens with one attached hydrogen (secondary N) is 1. The molecular formula is C17H23NOS. The molecule has 0 saturated heterocycles. The van der Waals surface area contributed by atoms with E-state index in [9.17, 15) is 4.79 Å². The van der Waals surface area contributed by atoms with Gasteiger partial charge in [0.05, 0.1) is 0 Å². The fourth-order valence-electron chi connectivity index (χ4n) is 2.40. The number of amides is 1. The Morgan fingerprint density at radius 1 is 1.05 bits per heavy atom. The fraction of sp³-hybridized carbons (Fsp3) is 0.353. The maximum atomic E-state index is 12.2. The van der Waals surface area contributed by atoms with E-state index >= 15 is 0 Å². The van der Waals surface area contributed by atoms with Gasteiger partial charge in [-0.15, -0.1) is 0 Å². The molecule has 2 rings (SSSR count). The van der Waals surface area contributed by atoms with Crippen molar-refractivity contribution in [1.29, 1.82) is 0 Å². The first-order valence-corrected chi connectivity index (χ1v) is 6.86. The summed E-state index contributed by atoms with van der Waals surface area (Å²) in [6.07, 6.45) is 0.999. The molecule has 2 aromatic rings. The van der Waals surface area contributed by atoms with Gasteiger partial charge in [0.1, 0.15) is 0 Å². The second-order valence-corrected chi connectivity index (χ2v) is 5.57. The maximum Gasteiger partial charge on any atom is 0.251 e. The molecule has 3 heteroatoms. The lowest BCUT2D eigenvalue weighted by Gasteiger charge is -2.16. The Balaban J connectivity index is 0.00000200. The van der Waals surface area contributed by atoms with E-state index in [0.29, 0.717) is 5.92 Å². The summed E-state index contributed by atoms with van der Waals surface area (Å²) < 4.78 is 0. The van der Waals surface area contributed by atoms with Crippen LogP contribution in [0, 0.1) is 5.92 Å². The van der Waals surface area contributed by atoms with Crippen LogP contribution in [0.15, 0.2) is 42.5 Å². The van der Waals surface area contributed by atoms with Crippen molar-refractivity contribution in [3.8, 4) is 0 Å². The van der Waals surface area contributed by atoms with E-state index in [1.807, 2.05) is 36.4 Å². The van der Waals surface area contributed by atoms with Crippen LogP contribution in [0.3, 0.4) is 0 Å². The van der Waals surface area contributed by atoms with Crippen LogP contribution >= 0.6 is 13.5 Å². The van der Waals surface area contributed by atoms with Crippen molar-refractivity contribution in [2.24, 2.45) is 5.92 Å². The lowest BCUT2D eigenvalue weighted by atomic mass is 10.0. The summed E-state index contributed by atoms with van der Waals surface area (Å²) in [4.78, 5) is 12.2. The zero-order valence-electron chi connectivity index (χ0n) is 12.3. The molecule has 0 radical (unpaired) electrons. The minimum absolute atomic E-state index is 0. The number of hydrogen-bond acceptors (Lipinski definition) is 1. The van der Waals surface area contributed by atoms with Gasteiger partial charge in [0.15, 0.2) is 0 Å². The van der Waals surface area contributed by atoms with Gasteiger partial charge in [-0.3, -0.25) is 4.79 Å². The first kappa shape index (κ1) is 16.6. The van der Waals surface area contributed by atoms with Gasteiger partial charge in [0.2, 0.25) is 0 Å². The molecule has 0 heterocycles. The lowest BCUT2D eigenvalue weighted by molar-refractivity contribution is 0.0936. The van der Waals surface area contributed by atoms with Gasteiger partial charge in [-0.05, 0) is 42.2 Å². The highest BCUT2D eigenvalue weighted by Crippen LogP contribution is 2.16. The Hall–Kier alpha value is -1.48. The van der Waals surface area contributed by atoms with Crippen molar-refractivity contribution in [1.82, 2.24) is 5.32 Å². The first-order chi connectivity index (χ1) is 9.06. The lowest BCUT2D eigenvalue weighted by Crippen LogP contribution is -2.33. The van der Waals surface area contributed by atoms with Crippen molar-refractivity contribution in [3.63, 3.8) is 0 Å². The molecule has 0 aliphatic carbocycles. The molecular weight excluding hydrogens is 266 g/mol. The Kier molecular flexibility index (Phi) is 6.08. The predicted molar refractivity (Wildman–Crippen MR) is 90.7 cm³/mol. The summed E-state index contributed by atoms with van der Waals surface area (Å²) in [6, 6.07) is 14.1. The average Bonchev–Trinajstić information content (AvgIpc) is 2.37. The van der Waals surface area contributed by atoms with Crippen LogP contribution in [0.25, 0.3) is 10.8 Å². The predicted octanol–water partition coefficient (Wildman–Crippen LogP) is 4.12. The summed E-state index contributed by atoms with van der Waals surface area (Å²) in [7, 11) is 0. The number of carbonyl (C=O) groups is 1. The molecule has 2 aromatic carbocycles. The van der Waals surface area contributed by atoms with Crippen molar-refractivity contribution in [3.05, 3.63) is 48.0 Å². The number of rotatable bonds is 4. The van der Waals surface area contributed by atoms with Crippen molar-refractivity contribution >= 4 is 30.2 Å². The summed E-state index contributed by atoms with van der Waals surface area (Å²) in [6.45, 7) is 6.39. The minimum Gasteiger partial charge on any atom is -0.350 e. The van der Waals surface area contributed by atoms with E-state index in [2.05, 4.69) is 32.2 Å². The Bertz CT molecular complexity index is 580. The molecule has 1 N–H and O–H groups in total. The molecule has 0 unspecified atom stereocenters. The number of fused-ring (bicyclic) bond motifs is 1. The fourth-order valence-corrected chi connectivity index (χ4v) is 2.40. The largest absolute Gasteiger partial charge is 0.350 e. The van der Waals surface area contributed by atoms with Crippen LogP contribution in [0.1, 0.15) is 37.6 Å². The highest BCUT2D eigenvalue weighted by Gasteiger charge is 2.11. The zero-order valence-corrected chi connectivity index (χ0v) is 13.3. The third-order valence-corrected chi connectivity index (χ3v) is 3.21. The highest BCUT2D eigenvalue weighted by atomic mass is 32.1. The topological polar surface area (TPSA) is 29.1 Å². The van der Waals surface area contributed by atoms with Crippen LogP contribution in [0.5, 0.6) is 0 Å². The number of benzene rings is 2. The molecule has 1 atom stereocenters. The van der Waals surface area contributed by atoms with Gasteiger partial charge in [0.25, 0.3) is 5.91 Å². The zero-order chi connectivity index (χ0) is 13.8. The highest BCUT2D eigenvalue weighted by molar-refractivity contribution is 7.59. The summed E-state index contributed by atoms with van der Waals surface area (Å²) in [5.41, 5.74) is 0.731. The van der Waals surface area contributed by atoms with E-state index in [-0.39, 0.29) is 25.4 Å². The molecule has 2 nitrogen and oxygen atoms in total. The first-order valence-electron chi connectivity index (χ1n) is 6.86. The Labute approximate surface area is 128 Å². The third-order valence-electron chi connectivity index (χ3n) is 3.21. The van der Waals surface area contributed by atoms with Gasteiger partial charge >= 0.3 is 0 Å². The second kappa shape index (κ2) is 7.34. The maximum absolute atomic E-state index is 12.2. The van der Waals surface area contributed by atoms with Gasteiger partial charge in [-0.25, -0.2) is 0 Å². The number of hydrogen-bond donors (Lipinski definition) is 1. The van der Waals surface area contributed by atoms with E-state index in [1.165, 1.54) is 0 Å². The SMILES string of the molecule is CC(C)C[C@H](C)NC(=O)c1ccc2ccccc2c1.S. The normalized spacial score (nSPS) is 12.0. The molecule has 0 aliphatic heterocycles. The van der Waals surface area contributed by atoms with Crippen LogP contribution in [0.2, 0.25) is 0 Å². The van der Waals surface area contributed by atoms with Gasteiger partial charge in [-0.2, -0.15) is 13.5 Å². The Morgan fingerprint density at radius 2 is 1.70 bits per heavy atom. The van der Waals surface area contributed by atoms with Crippen LogP contribution in [0.4, 0.5) is 0 Å². The molecule has 108 valence electrons. The number of carbonyl (C=O) groups excluding carboxylic acids is 1. The standard InChI is InChI=1S/C17H21NO.H2S/c1-12(2)10-13(3)18-17(19)16-9-8-14-6-4-5-7-15(14)11-16;/h4-9,11-13H,10H2,1-3H3,(H,18,19);1H2/t13-;/m0./s1. The molecule has 0 aliphatic rings. The third kappa shape index (κ3) is 4.27. The van der Waals surface area contributed by atoms with E-state index in [1.54, 1.807) is 0 Å². The molecule has 0 bridgehead atoms. The summed E-state index contributed by atoms with van der Waals surface area (Å²) in [5, 5.41) is 5.32. The summed E-state index contributed by atoms with van der Waals surface area (Å²) in [5.74, 6) is 0.603.